The first-order chi connectivity index (χ1) is 9.63. The van der Waals surface area contributed by atoms with Gasteiger partial charge in [0.15, 0.2) is 11.5 Å². The Morgan fingerprint density at radius 1 is 1.20 bits per heavy atom. The van der Waals surface area contributed by atoms with Gasteiger partial charge in [0.05, 0.1) is 6.10 Å². The van der Waals surface area contributed by atoms with Crippen molar-refractivity contribution in [2.45, 2.75) is 52.6 Å². The van der Waals surface area contributed by atoms with Crippen LogP contribution in [0.5, 0.6) is 5.75 Å². The summed E-state index contributed by atoms with van der Waals surface area (Å²) in [4.78, 5) is 11.3. The number of Topliss-reactive ketones (excluding diaryl/α,β-unsaturated/α-hetero) is 1. The molecule has 0 bridgehead atoms. The molecule has 0 N–H and O–H groups in total. The molecule has 1 aromatic heterocycles. The minimum atomic E-state index is -0.0569. The fourth-order valence-electron chi connectivity index (χ4n) is 2.37. The lowest BCUT2D eigenvalue weighted by molar-refractivity contribution is 0.0989. The van der Waals surface area contributed by atoms with Crippen molar-refractivity contribution in [3.8, 4) is 5.75 Å². The first-order valence-corrected chi connectivity index (χ1v) is 7.35. The number of ketones is 1. The van der Waals surface area contributed by atoms with Gasteiger partial charge in [0, 0.05) is 12.3 Å². The summed E-state index contributed by atoms with van der Waals surface area (Å²) in [5.74, 6) is 1.19. The second-order valence-electron chi connectivity index (χ2n) is 5.18. The Morgan fingerprint density at radius 3 is 2.50 bits per heavy atom. The van der Waals surface area contributed by atoms with Gasteiger partial charge in [-0.1, -0.05) is 26.7 Å². The average molecular weight is 274 g/mol. The van der Waals surface area contributed by atoms with Gasteiger partial charge in [-0.05, 0) is 37.1 Å². The van der Waals surface area contributed by atoms with E-state index in [-0.39, 0.29) is 11.9 Å². The molecule has 108 valence electrons. The predicted molar refractivity (Wildman–Crippen MR) is 80.5 cm³/mol. The summed E-state index contributed by atoms with van der Waals surface area (Å²) >= 11 is 0. The van der Waals surface area contributed by atoms with Gasteiger partial charge in [0.25, 0.3) is 0 Å². The van der Waals surface area contributed by atoms with Gasteiger partial charge in [0.1, 0.15) is 11.3 Å². The summed E-state index contributed by atoms with van der Waals surface area (Å²) in [6.07, 6.45) is 4.63. The quantitative estimate of drug-likeness (QED) is 0.668. The maximum Gasteiger partial charge on any atom is 0.194 e. The van der Waals surface area contributed by atoms with Crippen molar-refractivity contribution < 1.29 is 13.9 Å². The van der Waals surface area contributed by atoms with Crippen LogP contribution in [0.25, 0.3) is 11.0 Å². The summed E-state index contributed by atoms with van der Waals surface area (Å²) < 4.78 is 11.5. The molecule has 2 aromatic rings. The van der Waals surface area contributed by atoms with E-state index in [1.165, 1.54) is 6.92 Å². The third-order valence-corrected chi connectivity index (χ3v) is 3.36. The van der Waals surface area contributed by atoms with E-state index < -0.39 is 0 Å². The summed E-state index contributed by atoms with van der Waals surface area (Å²) in [5, 5.41) is 0.916. The van der Waals surface area contributed by atoms with E-state index in [1.54, 1.807) is 6.07 Å². The van der Waals surface area contributed by atoms with E-state index >= 15 is 0 Å². The Hall–Kier alpha value is -1.77. The SMILES string of the molecule is CCCC(CCC)Oc1ccc2oc(C(C)=O)cc2c1. The molecular formula is C17H22O3. The molecule has 0 spiro atoms. The number of rotatable bonds is 7. The number of hydrogen-bond acceptors (Lipinski definition) is 3. The van der Waals surface area contributed by atoms with Crippen molar-refractivity contribution in [1.82, 2.24) is 0 Å². The van der Waals surface area contributed by atoms with E-state index in [0.29, 0.717) is 5.76 Å². The van der Waals surface area contributed by atoms with Crippen LogP contribution in [-0.2, 0) is 0 Å². The molecule has 0 unspecified atom stereocenters. The number of carbonyl (C=O) groups is 1. The number of hydrogen-bond donors (Lipinski definition) is 0. The zero-order valence-corrected chi connectivity index (χ0v) is 12.4. The van der Waals surface area contributed by atoms with Crippen LogP contribution >= 0.6 is 0 Å². The van der Waals surface area contributed by atoms with Gasteiger partial charge < -0.3 is 9.15 Å². The lowest BCUT2D eigenvalue weighted by Gasteiger charge is -2.17. The van der Waals surface area contributed by atoms with Gasteiger partial charge in [-0.2, -0.15) is 0 Å². The molecule has 0 saturated heterocycles. The number of fused-ring (bicyclic) bond motifs is 1. The molecule has 0 aliphatic heterocycles. The van der Waals surface area contributed by atoms with Crippen LogP contribution in [0.4, 0.5) is 0 Å². The van der Waals surface area contributed by atoms with E-state index in [9.17, 15) is 4.79 Å². The number of ether oxygens (including phenoxy) is 1. The second kappa shape index (κ2) is 6.60. The Balaban J connectivity index is 2.19. The maximum atomic E-state index is 11.3. The highest BCUT2D eigenvalue weighted by atomic mass is 16.5. The number of furan rings is 1. The Kier molecular flexibility index (Phi) is 4.83. The standard InChI is InChI=1S/C17H22O3/c1-4-6-14(7-5-2)19-15-8-9-16-13(10-15)11-17(20-16)12(3)18/h8-11,14H,4-7H2,1-3H3. The van der Waals surface area contributed by atoms with Crippen molar-refractivity contribution >= 4 is 16.8 Å². The Labute approximate surface area is 119 Å². The largest absolute Gasteiger partial charge is 0.490 e. The third kappa shape index (κ3) is 3.41. The van der Waals surface area contributed by atoms with E-state index in [4.69, 9.17) is 9.15 Å². The molecule has 3 heteroatoms. The molecule has 20 heavy (non-hydrogen) atoms. The Morgan fingerprint density at radius 2 is 1.90 bits per heavy atom. The Bertz CT molecular complexity index is 577. The number of benzene rings is 1. The van der Waals surface area contributed by atoms with Crippen LogP contribution in [0, 0.1) is 0 Å². The zero-order valence-electron chi connectivity index (χ0n) is 12.4. The van der Waals surface area contributed by atoms with Crippen LogP contribution in [-0.4, -0.2) is 11.9 Å². The lowest BCUT2D eigenvalue weighted by atomic mass is 10.1. The fourth-order valence-corrected chi connectivity index (χ4v) is 2.37. The van der Waals surface area contributed by atoms with Crippen LogP contribution in [0.2, 0.25) is 0 Å². The first kappa shape index (κ1) is 14.6. The van der Waals surface area contributed by atoms with Crippen LogP contribution in [0.15, 0.2) is 28.7 Å². The van der Waals surface area contributed by atoms with Gasteiger partial charge in [-0.25, -0.2) is 0 Å². The first-order valence-electron chi connectivity index (χ1n) is 7.35. The van der Waals surface area contributed by atoms with Crippen LogP contribution in [0.1, 0.15) is 57.0 Å². The molecule has 0 aliphatic carbocycles. The highest BCUT2D eigenvalue weighted by Crippen LogP contribution is 2.26. The van der Waals surface area contributed by atoms with Crippen molar-refractivity contribution in [3.05, 3.63) is 30.0 Å². The molecule has 1 heterocycles. The molecule has 1 aromatic carbocycles. The second-order valence-corrected chi connectivity index (χ2v) is 5.18. The highest BCUT2D eigenvalue weighted by Gasteiger charge is 2.11. The molecule has 0 atom stereocenters. The van der Waals surface area contributed by atoms with Gasteiger partial charge in [0.2, 0.25) is 0 Å². The minimum Gasteiger partial charge on any atom is -0.490 e. The van der Waals surface area contributed by atoms with Gasteiger partial charge in [-0.15, -0.1) is 0 Å². The van der Waals surface area contributed by atoms with Crippen molar-refractivity contribution in [2.75, 3.05) is 0 Å². The van der Waals surface area contributed by atoms with Crippen LogP contribution in [0.3, 0.4) is 0 Å². The summed E-state index contributed by atoms with van der Waals surface area (Å²) in [6, 6.07) is 7.50. The van der Waals surface area contributed by atoms with Crippen LogP contribution < -0.4 is 4.74 Å². The smallest absolute Gasteiger partial charge is 0.194 e. The zero-order chi connectivity index (χ0) is 14.5. The normalized spacial score (nSPS) is 11.2. The highest BCUT2D eigenvalue weighted by molar-refractivity contribution is 5.96. The van der Waals surface area contributed by atoms with Crippen molar-refractivity contribution in [2.24, 2.45) is 0 Å². The number of carbonyl (C=O) groups excluding carboxylic acids is 1. The molecule has 2 rings (SSSR count). The third-order valence-electron chi connectivity index (χ3n) is 3.36. The predicted octanol–water partition coefficient (Wildman–Crippen LogP) is 4.98. The van der Waals surface area contributed by atoms with E-state index in [2.05, 4.69) is 13.8 Å². The van der Waals surface area contributed by atoms with Gasteiger partial charge >= 0.3 is 0 Å². The lowest BCUT2D eigenvalue weighted by Crippen LogP contribution is -2.15. The fraction of sp³-hybridized carbons (Fsp3) is 0.471. The topological polar surface area (TPSA) is 39.4 Å². The molecule has 0 aliphatic rings. The molecule has 3 nitrogen and oxygen atoms in total. The van der Waals surface area contributed by atoms with Crippen molar-refractivity contribution in [3.63, 3.8) is 0 Å². The monoisotopic (exact) mass is 274 g/mol. The maximum absolute atomic E-state index is 11.3. The molecular weight excluding hydrogens is 252 g/mol. The van der Waals surface area contributed by atoms with Crippen molar-refractivity contribution in [1.29, 1.82) is 0 Å². The van der Waals surface area contributed by atoms with E-state index in [0.717, 1.165) is 42.4 Å². The van der Waals surface area contributed by atoms with E-state index in [1.807, 2.05) is 18.2 Å². The summed E-state index contributed by atoms with van der Waals surface area (Å²) in [5.41, 5.74) is 0.727. The molecule has 0 saturated carbocycles. The molecule has 0 fully saturated rings. The van der Waals surface area contributed by atoms with Gasteiger partial charge in [-0.3, -0.25) is 4.79 Å². The minimum absolute atomic E-state index is 0.0569. The molecule has 0 amide bonds. The summed E-state index contributed by atoms with van der Waals surface area (Å²) in [6.45, 7) is 5.85. The summed E-state index contributed by atoms with van der Waals surface area (Å²) in [7, 11) is 0. The average Bonchev–Trinajstić information content (AvgIpc) is 2.82. The molecule has 0 radical (unpaired) electrons.